The van der Waals surface area contributed by atoms with Crippen molar-refractivity contribution in [1.82, 2.24) is 0 Å². The molecule has 4 aliphatic rings. The van der Waals surface area contributed by atoms with E-state index in [1.807, 2.05) is 6.08 Å². The fourth-order valence-electron chi connectivity index (χ4n) is 7.23. The van der Waals surface area contributed by atoms with Gasteiger partial charge >= 0.3 is 0 Å². The molecule has 0 aromatic carbocycles. The lowest BCUT2D eigenvalue weighted by molar-refractivity contribution is -0.128. The summed E-state index contributed by atoms with van der Waals surface area (Å²) in [6, 6.07) is 0. The number of ketones is 2. The third-order valence-electron chi connectivity index (χ3n) is 8.45. The number of carbonyl (C=O) groups excluding carboxylic acids is 2. The molecule has 0 bridgehead atoms. The summed E-state index contributed by atoms with van der Waals surface area (Å²) in [5.74, 6) is 3.29. The number of Topliss-reactive ketones (excluding diaryl/α,β-unsaturated/α-hetero) is 1. The van der Waals surface area contributed by atoms with E-state index in [-0.39, 0.29) is 10.8 Å². The SMILES string of the molecule is CC(=O)[C@H]1CC[C@H]2[C@@H]3CCC4=CC(=O)CC[C@]4(C)[C@H]3CC[C@@]12C. The predicted octanol–water partition coefficient (Wildman–Crippen LogP) is 4.72. The van der Waals surface area contributed by atoms with Crippen LogP contribution in [0.4, 0.5) is 0 Å². The number of hydrogen-bond acceptors (Lipinski definition) is 2. The fraction of sp³-hybridized carbons (Fsp3) is 0.810. The van der Waals surface area contributed by atoms with Crippen molar-refractivity contribution in [3.8, 4) is 0 Å². The van der Waals surface area contributed by atoms with Gasteiger partial charge in [-0.3, -0.25) is 9.59 Å². The van der Waals surface area contributed by atoms with Gasteiger partial charge in [-0.15, -0.1) is 0 Å². The van der Waals surface area contributed by atoms with Crippen molar-refractivity contribution >= 4 is 11.6 Å². The Bertz CT molecular complexity index is 589. The Labute approximate surface area is 140 Å². The van der Waals surface area contributed by atoms with Gasteiger partial charge in [0.15, 0.2) is 5.78 Å². The molecule has 0 aliphatic heterocycles. The minimum atomic E-state index is 0.245. The Hall–Kier alpha value is -0.920. The quantitative estimate of drug-likeness (QED) is 0.701. The maximum absolute atomic E-state index is 12.1. The molecular formula is C21H30O2. The average molecular weight is 314 g/mol. The summed E-state index contributed by atoms with van der Waals surface area (Å²) in [5.41, 5.74) is 1.95. The molecular weight excluding hydrogens is 284 g/mol. The van der Waals surface area contributed by atoms with Crippen LogP contribution in [0.5, 0.6) is 0 Å². The van der Waals surface area contributed by atoms with Crippen LogP contribution in [0, 0.1) is 34.5 Å². The number of allylic oxidation sites excluding steroid dienone is 1. The second kappa shape index (κ2) is 5.04. The van der Waals surface area contributed by atoms with Crippen LogP contribution >= 0.6 is 0 Å². The number of rotatable bonds is 1. The van der Waals surface area contributed by atoms with E-state index in [0.717, 1.165) is 43.4 Å². The van der Waals surface area contributed by atoms with Crippen molar-refractivity contribution in [3.05, 3.63) is 11.6 Å². The normalized spacial score (nSPS) is 49.0. The Morgan fingerprint density at radius 1 is 1.04 bits per heavy atom. The highest BCUT2D eigenvalue weighted by molar-refractivity contribution is 5.91. The molecule has 0 aromatic rings. The lowest BCUT2D eigenvalue weighted by Gasteiger charge is -2.58. The second-order valence-corrected chi connectivity index (χ2v) is 9.25. The zero-order valence-electron chi connectivity index (χ0n) is 14.9. The highest BCUT2D eigenvalue weighted by atomic mass is 16.1. The first-order chi connectivity index (χ1) is 10.9. The Balaban J connectivity index is 1.67. The molecule has 0 N–H and O–H groups in total. The van der Waals surface area contributed by atoms with Crippen molar-refractivity contribution in [1.29, 1.82) is 0 Å². The second-order valence-electron chi connectivity index (χ2n) is 9.25. The van der Waals surface area contributed by atoms with E-state index < -0.39 is 0 Å². The van der Waals surface area contributed by atoms with Gasteiger partial charge in [-0.05, 0) is 86.5 Å². The fourth-order valence-corrected chi connectivity index (χ4v) is 7.23. The van der Waals surface area contributed by atoms with E-state index in [9.17, 15) is 9.59 Å². The monoisotopic (exact) mass is 314 g/mol. The van der Waals surface area contributed by atoms with Crippen molar-refractivity contribution in [2.24, 2.45) is 34.5 Å². The van der Waals surface area contributed by atoms with Gasteiger partial charge in [0.1, 0.15) is 5.78 Å². The van der Waals surface area contributed by atoms with Gasteiger partial charge < -0.3 is 0 Å². The molecule has 6 atom stereocenters. The van der Waals surface area contributed by atoms with Crippen molar-refractivity contribution in [2.45, 2.75) is 72.1 Å². The largest absolute Gasteiger partial charge is 0.300 e. The van der Waals surface area contributed by atoms with Gasteiger partial charge in [0.2, 0.25) is 0 Å². The molecule has 3 saturated carbocycles. The van der Waals surface area contributed by atoms with Crippen molar-refractivity contribution < 1.29 is 9.59 Å². The first kappa shape index (κ1) is 15.6. The van der Waals surface area contributed by atoms with E-state index in [2.05, 4.69) is 13.8 Å². The van der Waals surface area contributed by atoms with E-state index in [4.69, 9.17) is 0 Å². The minimum absolute atomic E-state index is 0.245. The molecule has 126 valence electrons. The Morgan fingerprint density at radius 3 is 2.57 bits per heavy atom. The average Bonchev–Trinajstić information content (AvgIpc) is 2.85. The summed E-state index contributed by atoms with van der Waals surface area (Å²) in [4.78, 5) is 24.0. The van der Waals surface area contributed by atoms with E-state index in [1.54, 1.807) is 6.92 Å². The summed E-state index contributed by atoms with van der Waals surface area (Å²) in [7, 11) is 0. The minimum Gasteiger partial charge on any atom is -0.300 e. The zero-order chi connectivity index (χ0) is 16.4. The highest BCUT2D eigenvalue weighted by Crippen LogP contribution is 2.66. The predicted molar refractivity (Wildman–Crippen MR) is 90.9 cm³/mol. The molecule has 3 fully saturated rings. The van der Waals surface area contributed by atoms with Crippen molar-refractivity contribution in [2.75, 3.05) is 0 Å². The summed E-state index contributed by atoms with van der Waals surface area (Å²) < 4.78 is 0. The summed E-state index contributed by atoms with van der Waals surface area (Å²) in [6.07, 6.45) is 10.9. The molecule has 0 heterocycles. The first-order valence-corrected chi connectivity index (χ1v) is 9.60. The smallest absolute Gasteiger partial charge is 0.155 e. The van der Waals surface area contributed by atoms with E-state index >= 15 is 0 Å². The lowest BCUT2D eigenvalue weighted by atomic mass is 9.47. The molecule has 23 heavy (non-hydrogen) atoms. The lowest BCUT2D eigenvalue weighted by Crippen LogP contribution is -2.51. The van der Waals surface area contributed by atoms with Gasteiger partial charge in [-0.2, -0.15) is 0 Å². The molecule has 0 unspecified atom stereocenters. The van der Waals surface area contributed by atoms with E-state index in [0.29, 0.717) is 17.5 Å². The highest BCUT2D eigenvalue weighted by Gasteiger charge is 2.59. The maximum Gasteiger partial charge on any atom is 0.155 e. The third-order valence-corrected chi connectivity index (χ3v) is 8.45. The van der Waals surface area contributed by atoms with Crippen LogP contribution in [0.1, 0.15) is 72.1 Å². The van der Waals surface area contributed by atoms with Gasteiger partial charge in [0, 0.05) is 12.3 Å². The standard InChI is InChI=1S/C21H30O2/c1-13(22)17-6-7-18-16-5-4-14-12-15(23)8-10-20(14,2)19(16)9-11-21(17,18)3/h12,16-19H,4-11H2,1-3H3/t16-,17+,18-,19-,20-,21-/m0/s1. The van der Waals surface area contributed by atoms with Crippen LogP contribution in [-0.2, 0) is 9.59 Å². The molecule has 2 heteroatoms. The molecule has 0 saturated heterocycles. The van der Waals surface area contributed by atoms with Gasteiger partial charge in [-0.25, -0.2) is 0 Å². The van der Waals surface area contributed by atoms with E-state index in [1.165, 1.54) is 31.3 Å². The molecule has 4 rings (SSSR count). The first-order valence-electron chi connectivity index (χ1n) is 9.60. The number of fused-ring (bicyclic) bond motifs is 5. The Kier molecular flexibility index (Phi) is 3.42. The molecule has 2 nitrogen and oxygen atoms in total. The molecule has 4 aliphatic carbocycles. The van der Waals surface area contributed by atoms with Crippen LogP contribution in [0.25, 0.3) is 0 Å². The Morgan fingerprint density at radius 2 is 1.83 bits per heavy atom. The van der Waals surface area contributed by atoms with Gasteiger partial charge in [-0.1, -0.05) is 19.4 Å². The number of carbonyl (C=O) groups is 2. The molecule has 0 radical (unpaired) electrons. The van der Waals surface area contributed by atoms with Crippen LogP contribution < -0.4 is 0 Å². The summed E-state index contributed by atoms with van der Waals surface area (Å²) in [5, 5.41) is 0. The van der Waals surface area contributed by atoms with Crippen molar-refractivity contribution in [3.63, 3.8) is 0 Å². The summed E-state index contributed by atoms with van der Waals surface area (Å²) in [6.45, 7) is 6.65. The molecule has 0 aromatic heterocycles. The van der Waals surface area contributed by atoms with Crippen LogP contribution in [0.2, 0.25) is 0 Å². The zero-order valence-corrected chi connectivity index (χ0v) is 14.9. The van der Waals surface area contributed by atoms with Crippen LogP contribution in [0.3, 0.4) is 0 Å². The van der Waals surface area contributed by atoms with Gasteiger partial charge in [0.05, 0.1) is 0 Å². The summed E-state index contributed by atoms with van der Waals surface area (Å²) >= 11 is 0. The topological polar surface area (TPSA) is 34.1 Å². The third kappa shape index (κ3) is 2.06. The molecule has 0 spiro atoms. The van der Waals surface area contributed by atoms with Crippen LogP contribution in [-0.4, -0.2) is 11.6 Å². The number of hydrogen-bond donors (Lipinski definition) is 0. The molecule has 0 amide bonds. The van der Waals surface area contributed by atoms with Gasteiger partial charge in [0.25, 0.3) is 0 Å². The van der Waals surface area contributed by atoms with Crippen LogP contribution in [0.15, 0.2) is 11.6 Å². The maximum atomic E-state index is 12.1.